The third-order valence-electron chi connectivity index (χ3n) is 4.81. The molecule has 2 aliphatic rings. The molecule has 1 aromatic carbocycles. The summed E-state index contributed by atoms with van der Waals surface area (Å²) in [5.74, 6) is 1.54. The maximum absolute atomic E-state index is 12.0. The molecule has 2 aliphatic carbocycles. The van der Waals surface area contributed by atoms with Crippen molar-refractivity contribution >= 4 is 23.2 Å². The minimum atomic E-state index is -0.410. The number of carbonyl (C=O) groups is 1. The van der Waals surface area contributed by atoms with Crippen molar-refractivity contribution in [2.75, 3.05) is 0 Å². The van der Waals surface area contributed by atoms with Crippen molar-refractivity contribution in [1.29, 1.82) is 0 Å². The van der Waals surface area contributed by atoms with Crippen LogP contribution < -0.4 is 5.43 Å². The Morgan fingerprint density at radius 1 is 1.38 bits per heavy atom. The van der Waals surface area contributed by atoms with Gasteiger partial charge in [-0.25, -0.2) is 5.43 Å². The summed E-state index contributed by atoms with van der Waals surface area (Å²) in [6, 6.07) is 4.42. The molecule has 0 aromatic heterocycles. The number of nitrogens with zero attached hydrogens (tertiary/aromatic N) is 1. The van der Waals surface area contributed by atoms with Gasteiger partial charge in [0.15, 0.2) is 0 Å². The highest BCUT2D eigenvalue weighted by atomic mass is 35.5. The molecule has 0 aliphatic heterocycles. The van der Waals surface area contributed by atoms with Gasteiger partial charge in [-0.3, -0.25) is 4.79 Å². The van der Waals surface area contributed by atoms with Crippen LogP contribution in [0.5, 0.6) is 5.75 Å². The largest absolute Gasteiger partial charge is 0.507 e. The van der Waals surface area contributed by atoms with Gasteiger partial charge in [0.05, 0.1) is 5.56 Å². The minimum Gasteiger partial charge on any atom is -0.507 e. The summed E-state index contributed by atoms with van der Waals surface area (Å²) in [4.78, 5) is 12.0. The Balaban J connectivity index is 1.66. The SMILES string of the molecule is C/C(=N\NC(=O)c1ccc(Cl)cc1O)[C@H]1C[C@H]2CC[C@H]1C2. The van der Waals surface area contributed by atoms with Crippen LogP contribution in [-0.4, -0.2) is 16.7 Å². The molecule has 4 nitrogen and oxygen atoms in total. The van der Waals surface area contributed by atoms with Gasteiger partial charge in [0.25, 0.3) is 5.91 Å². The lowest BCUT2D eigenvalue weighted by Gasteiger charge is -2.21. The zero-order chi connectivity index (χ0) is 15.0. The average Bonchev–Trinajstić information content (AvgIpc) is 3.07. The van der Waals surface area contributed by atoms with E-state index in [4.69, 9.17) is 11.6 Å². The molecule has 0 unspecified atom stereocenters. The van der Waals surface area contributed by atoms with Crippen molar-refractivity contribution in [3.8, 4) is 5.75 Å². The quantitative estimate of drug-likeness (QED) is 0.662. The number of amides is 1. The van der Waals surface area contributed by atoms with Crippen molar-refractivity contribution in [2.45, 2.75) is 32.6 Å². The lowest BCUT2D eigenvalue weighted by Crippen LogP contribution is -2.24. The van der Waals surface area contributed by atoms with Crippen molar-refractivity contribution < 1.29 is 9.90 Å². The van der Waals surface area contributed by atoms with E-state index in [9.17, 15) is 9.90 Å². The predicted octanol–water partition coefficient (Wildman–Crippen LogP) is 3.59. The molecule has 21 heavy (non-hydrogen) atoms. The molecule has 0 radical (unpaired) electrons. The molecular weight excluding hydrogens is 288 g/mol. The summed E-state index contributed by atoms with van der Waals surface area (Å²) in [5.41, 5.74) is 3.72. The molecule has 3 rings (SSSR count). The molecule has 1 aromatic rings. The number of hydrogen-bond donors (Lipinski definition) is 2. The van der Waals surface area contributed by atoms with E-state index >= 15 is 0 Å². The number of fused-ring (bicyclic) bond motifs is 2. The highest BCUT2D eigenvalue weighted by molar-refractivity contribution is 6.30. The van der Waals surface area contributed by atoms with Gasteiger partial charge in [-0.05, 0) is 56.2 Å². The molecule has 1 amide bonds. The summed E-state index contributed by atoms with van der Waals surface area (Å²) in [6.07, 6.45) is 5.14. The van der Waals surface area contributed by atoms with Gasteiger partial charge in [-0.1, -0.05) is 18.0 Å². The van der Waals surface area contributed by atoms with Crippen molar-refractivity contribution in [3.05, 3.63) is 28.8 Å². The fourth-order valence-electron chi connectivity index (χ4n) is 3.74. The second-order valence-electron chi connectivity index (χ2n) is 6.14. The van der Waals surface area contributed by atoms with Crippen LogP contribution >= 0.6 is 11.6 Å². The molecule has 5 heteroatoms. The number of hydrazone groups is 1. The highest BCUT2D eigenvalue weighted by Gasteiger charge is 2.40. The van der Waals surface area contributed by atoms with E-state index in [0.29, 0.717) is 10.9 Å². The number of hydrogen-bond acceptors (Lipinski definition) is 3. The number of carbonyl (C=O) groups excluding carboxylic acids is 1. The fourth-order valence-corrected chi connectivity index (χ4v) is 3.90. The van der Waals surface area contributed by atoms with E-state index in [0.717, 1.165) is 17.5 Å². The maximum Gasteiger partial charge on any atom is 0.275 e. The predicted molar refractivity (Wildman–Crippen MR) is 82.6 cm³/mol. The van der Waals surface area contributed by atoms with Crippen molar-refractivity contribution in [1.82, 2.24) is 5.43 Å². The van der Waals surface area contributed by atoms with Gasteiger partial charge in [0.1, 0.15) is 5.75 Å². The zero-order valence-corrected chi connectivity index (χ0v) is 12.7. The molecule has 0 heterocycles. The normalized spacial score (nSPS) is 27.9. The second-order valence-corrected chi connectivity index (χ2v) is 6.57. The van der Waals surface area contributed by atoms with Gasteiger partial charge in [0.2, 0.25) is 0 Å². The molecule has 3 atom stereocenters. The first-order valence-electron chi connectivity index (χ1n) is 7.37. The Morgan fingerprint density at radius 2 is 2.19 bits per heavy atom. The van der Waals surface area contributed by atoms with Crippen LogP contribution in [0.4, 0.5) is 0 Å². The standard InChI is InChI=1S/C16H19ClN2O2/c1-9(14-7-10-2-3-11(14)6-10)18-19-16(21)13-5-4-12(17)8-15(13)20/h4-5,8,10-11,14,20H,2-3,6-7H2,1H3,(H,19,21)/b18-9+/t10-,11-,14+/m0/s1. The third-order valence-corrected chi connectivity index (χ3v) is 5.05. The van der Waals surface area contributed by atoms with Gasteiger partial charge >= 0.3 is 0 Å². The molecule has 0 saturated heterocycles. The Hall–Kier alpha value is -1.55. The third kappa shape index (κ3) is 2.91. The number of nitrogens with one attached hydrogen (secondary N) is 1. The summed E-state index contributed by atoms with van der Waals surface area (Å²) >= 11 is 5.75. The van der Waals surface area contributed by atoms with E-state index in [1.807, 2.05) is 6.92 Å². The smallest absolute Gasteiger partial charge is 0.275 e. The van der Waals surface area contributed by atoms with Gasteiger partial charge in [0, 0.05) is 16.7 Å². The second kappa shape index (κ2) is 5.68. The molecule has 2 bridgehead atoms. The molecule has 0 spiro atoms. The van der Waals surface area contributed by atoms with Crippen LogP contribution in [0.2, 0.25) is 5.02 Å². The molecule has 2 saturated carbocycles. The first kappa shape index (κ1) is 14.4. The fraction of sp³-hybridized carbons (Fsp3) is 0.500. The van der Waals surface area contributed by atoms with Crippen LogP contribution in [0.15, 0.2) is 23.3 Å². The van der Waals surface area contributed by atoms with Crippen LogP contribution in [0.25, 0.3) is 0 Å². The number of aromatic hydroxyl groups is 1. The number of halogens is 1. The average molecular weight is 307 g/mol. The van der Waals surface area contributed by atoms with E-state index in [-0.39, 0.29) is 11.3 Å². The van der Waals surface area contributed by atoms with Crippen LogP contribution in [-0.2, 0) is 0 Å². The summed E-state index contributed by atoms with van der Waals surface area (Å²) < 4.78 is 0. The van der Waals surface area contributed by atoms with Crippen molar-refractivity contribution in [2.24, 2.45) is 22.9 Å². The van der Waals surface area contributed by atoms with E-state index < -0.39 is 5.91 Å². The Bertz CT molecular complexity index is 600. The first-order chi connectivity index (χ1) is 10.0. The van der Waals surface area contributed by atoms with Crippen LogP contribution in [0.1, 0.15) is 43.0 Å². The summed E-state index contributed by atoms with van der Waals surface area (Å²) in [6.45, 7) is 1.98. The number of benzene rings is 1. The molecular formula is C16H19ClN2O2. The minimum absolute atomic E-state index is 0.132. The van der Waals surface area contributed by atoms with E-state index in [1.165, 1.54) is 37.8 Å². The van der Waals surface area contributed by atoms with Crippen LogP contribution in [0.3, 0.4) is 0 Å². The Morgan fingerprint density at radius 3 is 2.81 bits per heavy atom. The maximum atomic E-state index is 12.0. The van der Waals surface area contributed by atoms with Crippen LogP contribution in [0, 0.1) is 17.8 Å². The lowest BCUT2D eigenvalue weighted by molar-refractivity contribution is 0.0952. The van der Waals surface area contributed by atoms with Crippen molar-refractivity contribution in [3.63, 3.8) is 0 Å². The molecule has 2 N–H and O–H groups in total. The summed E-state index contributed by atoms with van der Waals surface area (Å²) in [7, 11) is 0. The summed E-state index contributed by atoms with van der Waals surface area (Å²) in [5, 5.41) is 14.4. The first-order valence-corrected chi connectivity index (χ1v) is 7.75. The van der Waals surface area contributed by atoms with Gasteiger partial charge in [-0.2, -0.15) is 5.10 Å². The monoisotopic (exact) mass is 306 g/mol. The highest BCUT2D eigenvalue weighted by Crippen LogP contribution is 2.48. The Kier molecular flexibility index (Phi) is 3.89. The lowest BCUT2D eigenvalue weighted by atomic mass is 9.86. The van der Waals surface area contributed by atoms with Gasteiger partial charge in [-0.15, -0.1) is 0 Å². The number of rotatable bonds is 3. The van der Waals surface area contributed by atoms with Gasteiger partial charge < -0.3 is 5.11 Å². The number of phenols is 1. The van der Waals surface area contributed by atoms with E-state index in [1.54, 1.807) is 6.07 Å². The topological polar surface area (TPSA) is 61.7 Å². The zero-order valence-electron chi connectivity index (χ0n) is 12.0. The Labute approximate surface area is 129 Å². The molecule has 2 fully saturated rings. The number of phenolic OH excluding ortho intramolecular Hbond substituents is 1. The molecule has 112 valence electrons. The van der Waals surface area contributed by atoms with E-state index in [2.05, 4.69) is 10.5 Å².